The molecule has 0 aliphatic carbocycles. The third kappa shape index (κ3) is 2.60. The van der Waals surface area contributed by atoms with Crippen LogP contribution in [0.3, 0.4) is 0 Å². The molecule has 3 nitrogen and oxygen atoms in total. The van der Waals surface area contributed by atoms with Crippen LogP contribution in [0, 0.1) is 0 Å². The molecule has 1 atom stereocenters. The summed E-state index contributed by atoms with van der Waals surface area (Å²) in [6, 6.07) is 13.0. The number of hydrogen-bond acceptors (Lipinski definition) is 4. The Bertz CT molecular complexity index is 574. The van der Waals surface area contributed by atoms with Crippen molar-refractivity contribution in [3.8, 4) is 5.88 Å². The highest BCUT2D eigenvalue weighted by atomic mass is 32.2. The quantitative estimate of drug-likeness (QED) is 0.927. The molecule has 1 aliphatic heterocycles. The molecule has 0 saturated heterocycles. The second-order valence-electron chi connectivity index (χ2n) is 4.45. The summed E-state index contributed by atoms with van der Waals surface area (Å²) in [5, 5.41) is 3.59. The average molecular weight is 272 g/mol. The highest BCUT2D eigenvalue weighted by Gasteiger charge is 2.22. The van der Waals surface area contributed by atoms with Gasteiger partial charge in [0.05, 0.1) is 7.11 Å². The van der Waals surface area contributed by atoms with E-state index in [1.54, 1.807) is 13.3 Å². The van der Waals surface area contributed by atoms with Crippen LogP contribution in [0.4, 0.5) is 0 Å². The minimum Gasteiger partial charge on any atom is -0.481 e. The van der Waals surface area contributed by atoms with Gasteiger partial charge in [0.2, 0.25) is 5.88 Å². The van der Waals surface area contributed by atoms with Gasteiger partial charge in [-0.25, -0.2) is 4.98 Å². The molecule has 1 aliphatic rings. The molecule has 98 valence electrons. The lowest BCUT2D eigenvalue weighted by atomic mass is 10.1. The molecule has 0 fully saturated rings. The van der Waals surface area contributed by atoms with Gasteiger partial charge in [0.25, 0.3) is 0 Å². The zero-order valence-corrected chi connectivity index (χ0v) is 11.6. The standard InChI is InChI=1S/C15H16N2OS/c1-18-15-11(5-4-8-16-15)9-17-13-10-19-14-7-3-2-6-12(13)14/h2-8,13,17H,9-10H2,1H3. The van der Waals surface area contributed by atoms with Gasteiger partial charge in [-0.2, -0.15) is 0 Å². The van der Waals surface area contributed by atoms with E-state index in [0.29, 0.717) is 11.9 Å². The predicted octanol–water partition coefficient (Wildman–Crippen LogP) is 3.03. The lowest BCUT2D eigenvalue weighted by Crippen LogP contribution is -2.21. The third-order valence-electron chi connectivity index (χ3n) is 3.28. The van der Waals surface area contributed by atoms with Gasteiger partial charge >= 0.3 is 0 Å². The van der Waals surface area contributed by atoms with E-state index in [1.165, 1.54) is 10.5 Å². The maximum Gasteiger partial charge on any atom is 0.217 e. The molecule has 0 bridgehead atoms. The van der Waals surface area contributed by atoms with Crippen molar-refractivity contribution in [2.24, 2.45) is 0 Å². The highest BCUT2D eigenvalue weighted by Crippen LogP contribution is 2.37. The Morgan fingerprint density at radius 3 is 3.11 bits per heavy atom. The summed E-state index contributed by atoms with van der Waals surface area (Å²) < 4.78 is 5.27. The Balaban J connectivity index is 1.71. The van der Waals surface area contributed by atoms with Crippen LogP contribution in [0.5, 0.6) is 5.88 Å². The summed E-state index contributed by atoms with van der Waals surface area (Å²) in [7, 11) is 1.66. The predicted molar refractivity (Wildman–Crippen MR) is 77.5 cm³/mol. The van der Waals surface area contributed by atoms with Crippen LogP contribution in [0.15, 0.2) is 47.5 Å². The van der Waals surface area contributed by atoms with Gasteiger partial charge in [-0.05, 0) is 17.7 Å². The topological polar surface area (TPSA) is 34.1 Å². The van der Waals surface area contributed by atoms with E-state index < -0.39 is 0 Å². The zero-order valence-electron chi connectivity index (χ0n) is 10.8. The van der Waals surface area contributed by atoms with E-state index in [0.717, 1.165) is 17.9 Å². The van der Waals surface area contributed by atoms with Gasteiger partial charge in [-0.3, -0.25) is 0 Å². The van der Waals surface area contributed by atoms with Gasteiger partial charge < -0.3 is 10.1 Å². The summed E-state index contributed by atoms with van der Waals surface area (Å²) >= 11 is 1.91. The van der Waals surface area contributed by atoms with E-state index in [-0.39, 0.29) is 0 Å². The van der Waals surface area contributed by atoms with E-state index in [2.05, 4.69) is 34.6 Å². The van der Waals surface area contributed by atoms with Crippen molar-refractivity contribution in [1.82, 2.24) is 10.3 Å². The molecule has 1 N–H and O–H groups in total. The molecule has 4 heteroatoms. The van der Waals surface area contributed by atoms with Gasteiger partial charge in [0, 0.05) is 35.0 Å². The van der Waals surface area contributed by atoms with Crippen LogP contribution in [0.25, 0.3) is 0 Å². The number of hydrogen-bond donors (Lipinski definition) is 1. The molecule has 0 radical (unpaired) electrons. The molecule has 1 aromatic carbocycles. The first-order valence-electron chi connectivity index (χ1n) is 6.31. The number of nitrogens with zero attached hydrogens (tertiary/aromatic N) is 1. The minimum absolute atomic E-state index is 0.408. The highest BCUT2D eigenvalue weighted by molar-refractivity contribution is 7.99. The fourth-order valence-corrected chi connectivity index (χ4v) is 3.50. The molecule has 1 unspecified atom stereocenters. The first-order chi connectivity index (χ1) is 9.38. The average Bonchev–Trinajstić information content (AvgIpc) is 2.89. The Labute approximate surface area is 117 Å². The SMILES string of the molecule is COc1ncccc1CNC1CSc2ccccc21. The van der Waals surface area contributed by atoms with Crippen LogP contribution in [0.1, 0.15) is 17.2 Å². The van der Waals surface area contributed by atoms with Crippen molar-refractivity contribution in [3.63, 3.8) is 0 Å². The molecular formula is C15H16N2OS. The van der Waals surface area contributed by atoms with Crippen LogP contribution in [0.2, 0.25) is 0 Å². The number of pyridine rings is 1. The molecule has 0 saturated carbocycles. The number of ether oxygens (including phenoxy) is 1. The van der Waals surface area contributed by atoms with Crippen molar-refractivity contribution in [1.29, 1.82) is 0 Å². The maximum atomic E-state index is 5.27. The molecule has 0 spiro atoms. The number of fused-ring (bicyclic) bond motifs is 1. The van der Waals surface area contributed by atoms with Crippen LogP contribution in [-0.4, -0.2) is 17.8 Å². The van der Waals surface area contributed by atoms with Gasteiger partial charge in [-0.1, -0.05) is 24.3 Å². The molecular weight excluding hydrogens is 256 g/mol. The Hall–Kier alpha value is -1.52. The van der Waals surface area contributed by atoms with Crippen LogP contribution in [-0.2, 0) is 6.54 Å². The lowest BCUT2D eigenvalue weighted by Gasteiger charge is -2.14. The molecule has 3 rings (SSSR count). The summed E-state index contributed by atoms with van der Waals surface area (Å²) in [5.74, 6) is 1.79. The summed E-state index contributed by atoms with van der Waals surface area (Å²) in [6.45, 7) is 0.774. The fourth-order valence-electron chi connectivity index (χ4n) is 2.31. The third-order valence-corrected chi connectivity index (χ3v) is 4.46. The largest absolute Gasteiger partial charge is 0.481 e. The van der Waals surface area contributed by atoms with E-state index >= 15 is 0 Å². The monoisotopic (exact) mass is 272 g/mol. The lowest BCUT2D eigenvalue weighted by molar-refractivity contribution is 0.389. The van der Waals surface area contributed by atoms with Gasteiger partial charge in [0.1, 0.15) is 0 Å². The number of benzene rings is 1. The first kappa shape index (κ1) is 12.5. The van der Waals surface area contributed by atoms with E-state index in [4.69, 9.17) is 4.74 Å². The van der Waals surface area contributed by atoms with Crippen molar-refractivity contribution in [2.45, 2.75) is 17.5 Å². The fraction of sp³-hybridized carbons (Fsp3) is 0.267. The maximum absolute atomic E-state index is 5.27. The van der Waals surface area contributed by atoms with Crippen molar-refractivity contribution < 1.29 is 4.74 Å². The summed E-state index contributed by atoms with van der Waals surface area (Å²) in [4.78, 5) is 5.61. The smallest absolute Gasteiger partial charge is 0.217 e. The molecule has 19 heavy (non-hydrogen) atoms. The number of rotatable bonds is 4. The van der Waals surface area contributed by atoms with E-state index in [1.807, 2.05) is 23.9 Å². The normalized spacial score (nSPS) is 17.2. The first-order valence-corrected chi connectivity index (χ1v) is 7.30. The Morgan fingerprint density at radius 2 is 2.21 bits per heavy atom. The number of nitrogens with one attached hydrogen (secondary N) is 1. The summed E-state index contributed by atoms with van der Waals surface area (Å²) in [5.41, 5.74) is 2.50. The van der Waals surface area contributed by atoms with Crippen molar-refractivity contribution in [2.75, 3.05) is 12.9 Å². The Kier molecular flexibility index (Phi) is 3.71. The van der Waals surface area contributed by atoms with E-state index in [9.17, 15) is 0 Å². The minimum atomic E-state index is 0.408. The summed E-state index contributed by atoms with van der Waals surface area (Å²) in [6.07, 6.45) is 1.75. The van der Waals surface area contributed by atoms with Crippen LogP contribution < -0.4 is 10.1 Å². The zero-order chi connectivity index (χ0) is 13.1. The second-order valence-corrected chi connectivity index (χ2v) is 5.52. The molecule has 1 aromatic heterocycles. The second kappa shape index (κ2) is 5.63. The van der Waals surface area contributed by atoms with Crippen molar-refractivity contribution >= 4 is 11.8 Å². The molecule has 0 amide bonds. The van der Waals surface area contributed by atoms with Crippen molar-refractivity contribution in [3.05, 3.63) is 53.7 Å². The van der Waals surface area contributed by atoms with Gasteiger partial charge in [-0.15, -0.1) is 11.8 Å². The van der Waals surface area contributed by atoms with Gasteiger partial charge in [0.15, 0.2) is 0 Å². The number of thioether (sulfide) groups is 1. The van der Waals surface area contributed by atoms with Crippen LogP contribution >= 0.6 is 11.8 Å². The Morgan fingerprint density at radius 1 is 1.32 bits per heavy atom. The molecule has 2 heterocycles. The molecule has 2 aromatic rings. The number of methoxy groups -OCH3 is 1. The number of aromatic nitrogens is 1.